The minimum absolute atomic E-state index is 0.422. The number of nitrogens with zero attached hydrogens (tertiary/aromatic N) is 5. The summed E-state index contributed by atoms with van der Waals surface area (Å²) in [6.07, 6.45) is 1.84. The van der Waals surface area contributed by atoms with Crippen LogP contribution in [0.5, 0.6) is 0 Å². The predicted molar refractivity (Wildman–Crippen MR) is 131 cm³/mol. The molecule has 0 saturated heterocycles. The van der Waals surface area contributed by atoms with Crippen molar-refractivity contribution in [2.24, 2.45) is 0 Å². The lowest BCUT2D eigenvalue weighted by Gasteiger charge is -2.22. The van der Waals surface area contributed by atoms with Gasteiger partial charge in [-0.3, -0.25) is 14.6 Å². The Morgan fingerprint density at radius 1 is 1.06 bits per heavy atom. The van der Waals surface area contributed by atoms with Crippen LogP contribution in [0.15, 0.2) is 12.7 Å². The van der Waals surface area contributed by atoms with Crippen molar-refractivity contribution in [2.45, 2.75) is 52.7 Å². The van der Waals surface area contributed by atoms with Crippen LogP contribution in [-0.2, 0) is 9.47 Å². The number of hydrogen-bond donors (Lipinski definition) is 1. The zero-order chi connectivity index (χ0) is 25.4. The van der Waals surface area contributed by atoms with E-state index in [4.69, 9.17) is 10.8 Å². The van der Waals surface area contributed by atoms with E-state index in [9.17, 15) is 14.0 Å². The van der Waals surface area contributed by atoms with Gasteiger partial charge < -0.3 is 9.47 Å². The standard InChI is InChI=1S/C8H13N3O2S.C7H11N3O2S.CH3F.CH3I/c1-8(2,3)13-7(12)11(4)6-9-5-10-14-6;1-7(2,3)12-6(11)10-5-8-4-9-13-5;2*1-2/h5H,1-4H3;4H,1-3H3,(H,8,9,10,11);2*1H3/i;;1D;. The molecular formula is C17H30FIN6O4S2. The Labute approximate surface area is 205 Å². The number of amides is 2. The number of carbonyl (C=O) groups excluding carboxylic acids is 2. The van der Waals surface area contributed by atoms with E-state index < -0.39 is 30.5 Å². The third-order valence-corrected chi connectivity index (χ3v) is 3.60. The molecule has 2 heterocycles. The van der Waals surface area contributed by atoms with Crippen molar-refractivity contribution in [3.8, 4) is 0 Å². The van der Waals surface area contributed by atoms with E-state index in [1.807, 2.05) is 25.7 Å². The fourth-order valence-corrected chi connectivity index (χ4v) is 2.24. The van der Waals surface area contributed by atoms with Crippen LogP contribution >= 0.6 is 45.7 Å². The molecule has 31 heavy (non-hydrogen) atoms. The molecule has 1 N–H and O–H groups in total. The minimum Gasteiger partial charge on any atom is -0.444 e. The second-order valence-corrected chi connectivity index (χ2v) is 8.68. The summed E-state index contributed by atoms with van der Waals surface area (Å²) in [4.78, 5) is 33.6. The van der Waals surface area contributed by atoms with Crippen molar-refractivity contribution in [1.82, 2.24) is 18.7 Å². The van der Waals surface area contributed by atoms with Crippen LogP contribution in [0.1, 0.15) is 42.9 Å². The number of halogens is 2. The summed E-state index contributed by atoms with van der Waals surface area (Å²) >= 11 is 4.40. The first-order valence-electron chi connectivity index (χ1n) is 9.22. The molecule has 2 aromatic rings. The fraction of sp³-hybridized carbons (Fsp3) is 0.647. The van der Waals surface area contributed by atoms with Crippen LogP contribution < -0.4 is 10.2 Å². The molecule has 178 valence electrons. The molecule has 0 aromatic carbocycles. The molecular weight excluding hydrogens is 562 g/mol. The van der Waals surface area contributed by atoms with E-state index in [-0.39, 0.29) is 0 Å². The molecule has 10 nitrogen and oxygen atoms in total. The number of alkyl halides is 2. The normalized spacial score (nSPS) is 10.5. The Morgan fingerprint density at radius 3 is 1.94 bits per heavy atom. The lowest BCUT2D eigenvalue weighted by atomic mass is 10.2. The van der Waals surface area contributed by atoms with E-state index in [0.29, 0.717) is 10.3 Å². The van der Waals surface area contributed by atoms with Gasteiger partial charge in [-0.15, -0.1) is 0 Å². The van der Waals surface area contributed by atoms with Gasteiger partial charge in [0.15, 0.2) is 0 Å². The first kappa shape index (κ1) is 29.3. The van der Waals surface area contributed by atoms with E-state index in [0.717, 1.165) is 23.1 Å². The highest BCUT2D eigenvalue weighted by Crippen LogP contribution is 2.16. The second-order valence-electron chi connectivity index (χ2n) is 7.14. The summed E-state index contributed by atoms with van der Waals surface area (Å²) in [5, 5.41) is 3.43. The van der Waals surface area contributed by atoms with E-state index >= 15 is 0 Å². The largest absolute Gasteiger partial charge is 0.444 e. The molecule has 0 bridgehead atoms. The number of nitrogens with one attached hydrogen (secondary N) is 1. The number of carbonyl (C=O) groups is 2. The van der Waals surface area contributed by atoms with Crippen LogP contribution in [-0.4, -0.2) is 61.2 Å². The van der Waals surface area contributed by atoms with Crippen molar-refractivity contribution in [1.29, 1.82) is 0 Å². The number of anilines is 2. The summed E-state index contributed by atoms with van der Waals surface area (Å²) in [5.74, 6) is 0. The molecule has 2 amide bonds. The summed E-state index contributed by atoms with van der Waals surface area (Å²) < 4.78 is 33.2. The Kier molecular flexibility index (Phi) is 15.2. The van der Waals surface area contributed by atoms with Gasteiger partial charge in [-0.1, -0.05) is 22.6 Å². The topological polar surface area (TPSA) is 119 Å². The number of rotatable bonds is 2. The van der Waals surface area contributed by atoms with Crippen molar-refractivity contribution >= 4 is 68.1 Å². The third-order valence-electron chi connectivity index (χ3n) is 2.27. The highest BCUT2D eigenvalue weighted by molar-refractivity contribution is 14.1. The summed E-state index contributed by atoms with van der Waals surface area (Å²) in [6.45, 7) is 10.8. The van der Waals surface area contributed by atoms with Crippen molar-refractivity contribution in [3.63, 3.8) is 0 Å². The Morgan fingerprint density at radius 2 is 1.55 bits per heavy atom. The Bertz CT molecular complexity index is 743. The zero-order valence-corrected chi connectivity index (χ0v) is 22.6. The molecule has 0 aliphatic carbocycles. The molecule has 2 rings (SSSR count). The molecule has 14 heteroatoms. The number of ether oxygens (including phenoxy) is 2. The predicted octanol–water partition coefficient (Wildman–Crippen LogP) is 5.43. The average molecular weight is 594 g/mol. The highest BCUT2D eigenvalue weighted by Gasteiger charge is 2.21. The maximum Gasteiger partial charge on any atom is 0.416 e. The summed E-state index contributed by atoms with van der Waals surface area (Å²) in [7, 11) is 0.606. The first-order chi connectivity index (χ1) is 14.8. The van der Waals surface area contributed by atoms with Gasteiger partial charge >= 0.3 is 12.2 Å². The lowest BCUT2D eigenvalue weighted by Crippen LogP contribution is -2.34. The van der Waals surface area contributed by atoms with Crippen molar-refractivity contribution < 1.29 is 24.8 Å². The van der Waals surface area contributed by atoms with Crippen LogP contribution in [0.4, 0.5) is 24.2 Å². The smallest absolute Gasteiger partial charge is 0.416 e. The molecule has 0 atom stereocenters. The van der Waals surface area contributed by atoms with Gasteiger partial charge in [0, 0.05) is 30.1 Å². The second kappa shape index (κ2) is 16.0. The molecule has 0 aliphatic rings. The van der Waals surface area contributed by atoms with Gasteiger partial charge in [0.1, 0.15) is 23.9 Å². The maximum atomic E-state index is 11.5. The fourth-order valence-electron chi connectivity index (χ4n) is 1.34. The van der Waals surface area contributed by atoms with Crippen molar-refractivity contribution in [3.05, 3.63) is 12.7 Å². The van der Waals surface area contributed by atoms with Gasteiger partial charge in [0.25, 0.3) is 0 Å². The third kappa shape index (κ3) is 16.7. The molecule has 2 aromatic heterocycles. The van der Waals surface area contributed by atoms with Crippen LogP contribution in [0.25, 0.3) is 0 Å². The molecule has 0 saturated carbocycles. The monoisotopic (exact) mass is 593 g/mol. The van der Waals surface area contributed by atoms with E-state index in [2.05, 4.69) is 46.6 Å². The average Bonchev–Trinajstić information content (AvgIpc) is 3.35. The SMILES string of the molecule is CC(C)(C)OC(=O)Nc1ncns1.CI.CN(C(=O)OC(C)(C)C)c1ncns1.[2H]CF. The van der Waals surface area contributed by atoms with Gasteiger partial charge in [0.2, 0.25) is 10.3 Å². The van der Waals surface area contributed by atoms with Crippen LogP contribution in [0, 0.1) is 0 Å². The Balaban J connectivity index is 0. The van der Waals surface area contributed by atoms with Gasteiger partial charge in [0.05, 0.1) is 8.52 Å². The quantitative estimate of drug-likeness (QED) is 0.362. The molecule has 0 spiro atoms. The number of aromatic nitrogens is 4. The molecule has 0 radical (unpaired) electrons. The van der Waals surface area contributed by atoms with Gasteiger partial charge in [-0.05, 0) is 46.5 Å². The summed E-state index contributed by atoms with van der Waals surface area (Å²) in [6, 6.07) is 0. The molecule has 0 aliphatic heterocycles. The lowest BCUT2D eigenvalue weighted by molar-refractivity contribution is 0.0587. The zero-order valence-electron chi connectivity index (χ0n) is 19.8. The van der Waals surface area contributed by atoms with Crippen LogP contribution in [0.3, 0.4) is 0 Å². The molecule has 0 fully saturated rings. The molecule has 0 unspecified atom stereocenters. The maximum absolute atomic E-state index is 11.5. The first-order valence-corrected chi connectivity index (χ1v) is 12.2. The summed E-state index contributed by atoms with van der Waals surface area (Å²) in [5.41, 5.74) is -0.981. The van der Waals surface area contributed by atoms with Crippen molar-refractivity contribution in [2.75, 3.05) is 29.3 Å². The minimum atomic E-state index is -1.00. The highest BCUT2D eigenvalue weighted by atomic mass is 127. The van der Waals surface area contributed by atoms with E-state index in [1.54, 1.807) is 27.8 Å². The van der Waals surface area contributed by atoms with Gasteiger partial charge in [-0.25, -0.2) is 19.6 Å². The van der Waals surface area contributed by atoms with Gasteiger partial charge in [-0.2, -0.15) is 8.75 Å². The number of hydrogen-bond acceptors (Lipinski definition) is 10. The Hall–Kier alpha value is -1.68. The van der Waals surface area contributed by atoms with E-state index in [1.165, 1.54) is 17.6 Å². The van der Waals surface area contributed by atoms with Crippen LogP contribution in [0.2, 0.25) is 0 Å².